The third kappa shape index (κ3) is 3.69. The molecule has 3 atom stereocenters. The first-order valence-corrected chi connectivity index (χ1v) is 5.81. The predicted octanol–water partition coefficient (Wildman–Crippen LogP) is -0.754. The molecule has 7 heteroatoms. The molecule has 2 unspecified atom stereocenters. The summed E-state index contributed by atoms with van der Waals surface area (Å²) in [6.45, 7) is 0. The van der Waals surface area contributed by atoms with Gasteiger partial charge < -0.3 is 20.9 Å². The van der Waals surface area contributed by atoms with Gasteiger partial charge in [0.05, 0.1) is 25.5 Å². The van der Waals surface area contributed by atoms with Crippen LogP contribution in [0.2, 0.25) is 0 Å². The van der Waals surface area contributed by atoms with Crippen molar-refractivity contribution in [1.29, 1.82) is 0 Å². The van der Waals surface area contributed by atoms with Crippen molar-refractivity contribution < 1.29 is 24.2 Å². The average Bonchev–Trinajstić information content (AvgIpc) is 2.75. The van der Waals surface area contributed by atoms with Gasteiger partial charge in [0.15, 0.2) is 0 Å². The van der Waals surface area contributed by atoms with Crippen LogP contribution < -0.4 is 11.1 Å². The average molecular weight is 258 g/mol. The highest BCUT2D eigenvalue weighted by molar-refractivity contribution is 5.86. The molecule has 0 spiro atoms. The zero-order valence-electron chi connectivity index (χ0n) is 10.2. The summed E-state index contributed by atoms with van der Waals surface area (Å²) < 4.78 is 4.66. The summed E-state index contributed by atoms with van der Waals surface area (Å²) >= 11 is 0. The number of rotatable bonds is 5. The zero-order valence-corrected chi connectivity index (χ0v) is 10.2. The van der Waals surface area contributed by atoms with Crippen molar-refractivity contribution in [3.63, 3.8) is 0 Å². The Balaban J connectivity index is 2.53. The number of hydrogen-bond acceptors (Lipinski definition) is 5. The lowest BCUT2D eigenvalue weighted by Crippen LogP contribution is -2.48. The van der Waals surface area contributed by atoms with E-state index in [0.29, 0.717) is 12.8 Å². The summed E-state index contributed by atoms with van der Waals surface area (Å²) in [5, 5.41) is 11.2. The highest BCUT2D eigenvalue weighted by Gasteiger charge is 2.35. The normalized spacial score (nSPS) is 24.3. The van der Waals surface area contributed by atoms with Crippen molar-refractivity contribution in [1.82, 2.24) is 5.32 Å². The molecule has 1 aliphatic carbocycles. The smallest absolute Gasteiger partial charge is 0.310 e. The van der Waals surface area contributed by atoms with Crippen molar-refractivity contribution in [2.75, 3.05) is 7.11 Å². The summed E-state index contributed by atoms with van der Waals surface area (Å²) in [4.78, 5) is 33.5. The van der Waals surface area contributed by atoms with Crippen LogP contribution in [0.3, 0.4) is 0 Å². The molecule has 1 fully saturated rings. The third-order valence-electron chi connectivity index (χ3n) is 3.08. The van der Waals surface area contributed by atoms with Gasteiger partial charge in [-0.3, -0.25) is 14.4 Å². The summed E-state index contributed by atoms with van der Waals surface area (Å²) in [5.74, 6) is -2.40. The van der Waals surface area contributed by atoms with E-state index in [1.807, 2.05) is 0 Å². The van der Waals surface area contributed by atoms with E-state index in [0.717, 1.165) is 6.42 Å². The topological polar surface area (TPSA) is 119 Å². The molecule has 7 nitrogen and oxygen atoms in total. The van der Waals surface area contributed by atoms with Crippen LogP contribution in [-0.2, 0) is 19.1 Å². The molecule has 4 N–H and O–H groups in total. The molecule has 0 aliphatic heterocycles. The van der Waals surface area contributed by atoms with Crippen LogP contribution in [0.1, 0.15) is 25.7 Å². The molecule has 0 bridgehead atoms. The number of amides is 1. The fourth-order valence-electron chi connectivity index (χ4n) is 2.14. The zero-order chi connectivity index (χ0) is 13.7. The lowest BCUT2D eigenvalue weighted by atomic mass is 10.0. The number of hydrogen-bond donors (Lipinski definition) is 3. The van der Waals surface area contributed by atoms with Gasteiger partial charge in [-0.05, 0) is 12.8 Å². The molecular formula is C11H18N2O5. The van der Waals surface area contributed by atoms with Gasteiger partial charge in [0.2, 0.25) is 5.91 Å². The van der Waals surface area contributed by atoms with E-state index >= 15 is 0 Å². The van der Waals surface area contributed by atoms with Crippen molar-refractivity contribution >= 4 is 17.8 Å². The van der Waals surface area contributed by atoms with E-state index in [2.05, 4.69) is 10.1 Å². The van der Waals surface area contributed by atoms with Crippen LogP contribution in [0.15, 0.2) is 0 Å². The minimum Gasteiger partial charge on any atom is -0.481 e. The van der Waals surface area contributed by atoms with Crippen LogP contribution in [0.25, 0.3) is 0 Å². The Bertz CT molecular complexity index is 344. The number of aliphatic carboxylic acids is 1. The second kappa shape index (κ2) is 6.34. The molecular weight excluding hydrogens is 240 g/mol. The number of methoxy groups -OCH3 is 1. The van der Waals surface area contributed by atoms with Crippen LogP contribution >= 0.6 is 0 Å². The van der Waals surface area contributed by atoms with Crippen molar-refractivity contribution in [3.8, 4) is 0 Å². The van der Waals surface area contributed by atoms with Gasteiger partial charge in [-0.15, -0.1) is 0 Å². The first-order valence-electron chi connectivity index (χ1n) is 5.81. The molecule has 18 heavy (non-hydrogen) atoms. The van der Waals surface area contributed by atoms with Crippen LogP contribution in [-0.4, -0.2) is 42.1 Å². The van der Waals surface area contributed by atoms with Gasteiger partial charge in [0.25, 0.3) is 0 Å². The standard InChI is InChI=1S/C11H18N2O5/c1-18-11(17)6-3-2-4-8(6)13-10(16)7(12)5-9(14)15/h6-8H,2-5,12H2,1H3,(H,13,16)(H,14,15)/t6?,7-,8?/m0/s1. The number of ether oxygens (including phenoxy) is 1. The number of carbonyl (C=O) groups is 3. The first-order chi connectivity index (χ1) is 8.45. The fourth-order valence-corrected chi connectivity index (χ4v) is 2.14. The Morgan fingerprint density at radius 2 is 2.11 bits per heavy atom. The molecule has 0 saturated heterocycles. The predicted molar refractivity (Wildman–Crippen MR) is 61.5 cm³/mol. The molecule has 0 aromatic heterocycles. The molecule has 102 valence electrons. The van der Waals surface area contributed by atoms with Crippen molar-refractivity contribution in [2.24, 2.45) is 11.7 Å². The van der Waals surface area contributed by atoms with E-state index < -0.39 is 24.3 Å². The molecule has 1 amide bonds. The number of carboxylic acid groups (broad SMARTS) is 1. The Labute approximate surface area is 105 Å². The monoisotopic (exact) mass is 258 g/mol. The van der Waals surface area contributed by atoms with Crippen molar-refractivity contribution in [3.05, 3.63) is 0 Å². The summed E-state index contributed by atoms with van der Waals surface area (Å²) in [6, 6.07) is -1.41. The summed E-state index contributed by atoms with van der Waals surface area (Å²) in [7, 11) is 1.30. The largest absolute Gasteiger partial charge is 0.481 e. The second-order valence-electron chi connectivity index (χ2n) is 4.38. The molecule has 0 aromatic rings. The highest BCUT2D eigenvalue weighted by atomic mass is 16.5. The van der Waals surface area contributed by atoms with E-state index in [1.165, 1.54) is 7.11 Å². The maximum absolute atomic E-state index is 11.6. The number of carbonyl (C=O) groups excluding carboxylic acids is 2. The lowest BCUT2D eigenvalue weighted by Gasteiger charge is -2.20. The fraction of sp³-hybridized carbons (Fsp3) is 0.727. The van der Waals surface area contributed by atoms with E-state index in [1.54, 1.807) is 0 Å². The van der Waals surface area contributed by atoms with Gasteiger partial charge in [-0.1, -0.05) is 6.42 Å². The Hall–Kier alpha value is -1.63. The van der Waals surface area contributed by atoms with Gasteiger partial charge in [0, 0.05) is 6.04 Å². The number of carboxylic acids is 1. The minimum atomic E-state index is -1.13. The molecule has 0 aromatic carbocycles. The van der Waals surface area contributed by atoms with E-state index in [9.17, 15) is 14.4 Å². The van der Waals surface area contributed by atoms with Crippen molar-refractivity contribution in [2.45, 2.75) is 37.8 Å². The summed E-state index contributed by atoms with van der Waals surface area (Å²) in [5.41, 5.74) is 5.44. The van der Waals surface area contributed by atoms with Gasteiger partial charge in [-0.2, -0.15) is 0 Å². The van der Waals surface area contributed by atoms with Gasteiger partial charge in [0.1, 0.15) is 0 Å². The Morgan fingerprint density at radius 1 is 1.44 bits per heavy atom. The number of esters is 1. The molecule has 0 radical (unpaired) electrons. The minimum absolute atomic E-state index is 0.315. The third-order valence-corrected chi connectivity index (χ3v) is 3.08. The molecule has 1 aliphatic rings. The van der Waals surface area contributed by atoms with Crippen LogP contribution in [0.4, 0.5) is 0 Å². The van der Waals surface area contributed by atoms with Crippen LogP contribution in [0, 0.1) is 5.92 Å². The maximum Gasteiger partial charge on any atom is 0.310 e. The lowest BCUT2D eigenvalue weighted by molar-refractivity contribution is -0.146. The first kappa shape index (κ1) is 14.4. The van der Waals surface area contributed by atoms with Gasteiger partial charge >= 0.3 is 11.9 Å². The molecule has 1 saturated carbocycles. The summed E-state index contributed by atoms with van der Waals surface area (Å²) in [6.07, 6.45) is 1.72. The Morgan fingerprint density at radius 3 is 2.67 bits per heavy atom. The number of nitrogens with two attached hydrogens (primary N) is 1. The Kier molecular flexibility index (Phi) is 5.08. The second-order valence-corrected chi connectivity index (χ2v) is 4.38. The molecule has 1 rings (SSSR count). The highest BCUT2D eigenvalue weighted by Crippen LogP contribution is 2.26. The SMILES string of the molecule is COC(=O)C1CCCC1NC(=O)[C@@H](N)CC(=O)O. The maximum atomic E-state index is 11.6. The van der Waals surface area contributed by atoms with Gasteiger partial charge in [-0.25, -0.2) is 0 Å². The molecule has 0 heterocycles. The van der Waals surface area contributed by atoms with E-state index in [-0.39, 0.29) is 17.9 Å². The van der Waals surface area contributed by atoms with Crippen LogP contribution in [0.5, 0.6) is 0 Å². The van der Waals surface area contributed by atoms with E-state index in [4.69, 9.17) is 10.8 Å². The quantitative estimate of drug-likeness (QED) is 0.558. The number of nitrogens with one attached hydrogen (secondary N) is 1.